The van der Waals surface area contributed by atoms with E-state index in [1.165, 1.54) is 11.1 Å². The van der Waals surface area contributed by atoms with Crippen molar-refractivity contribution < 1.29 is 0 Å². The summed E-state index contributed by atoms with van der Waals surface area (Å²) in [6.45, 7) is 2.08. The summed E-state index contributed by atoms with van der Waals surface area (Å²) < 4.78 is 0. The first-order valence-electron chi connectivity index (χ1n) is 5.57. The van der Waals surface area contributed by atoms with Crippen molar-refractivity contribution in [3.05, 3.63) is 70.8 Å². The number of rotatable bonds is 1. The van der Waals surface area contributed by atoms with Crippen LogP contribution in [0.15, 0.2) is 48.5 Å². The Morgan fingerprint density at radius 2 is 1.82 bits per heavy atom. The average Bonchev–Trinajstić information content (AvgIpc) is 2.37. The van der Waals surface area contributed by atoms with E-state index < -0.39 is 0 Å². The molecule has 84 valence electrons. The van der Waals surface area contributed by atoms with Crippen LogP contribution in [0.2, 0.25) is 0 Å². The summed E-state index contributed by atoms with van der Waals surface area (Å²) in [6.07, 6.45) is 0. The Morgan fingerprint density at radius 1 is 1.00 bits per heavy atom. The summed E-state index contributed by atoms with van der Waals surface area (Å²) in [4.78, 5) is 0. The van der Waals surface area contributed by atoms with Crippen molar-refractivity contribution in [3.8, 4) is 11.8 Å². The van der Waals surface area contributed by atoms with E-state index in [1.807, 2.05) is 30.3 Å². The Kier molecular flexibility index (Phi) is 3.90. The largest absolute Gasteiger partial charge is 0.175 e. The molecule has 0 nitrogen and oxygen atoms in total. The summed E-state index contributed by atoms with van der Waals surface area (Å²) in [5.74, 6) is 7.12. The van der Waals surface area contributed by atoms with Crippen molar-refractivity contribution in [2.24, 2.45) is 0 Å². The second kappa shape index (κ2) is 5.61. The molecule has 2 aromatic rings. The van der Waals surface area contributed by atoms with E-state index in [-0.39, 0.29) is 0 Å². The minimum absolute atomic E-state index is 0.721. The molecule has 0 fully saturated rings. The lowest BCUT2D eigenvalue weighted by atomic mass is 10.1. The fourth-order valence-electron chi connectivity index (χ4n) is 1.64. The molecular formula is C16H14S. The number of aryl methyl sites for hydroxylation is 1. The standard InChI is InChI=1S/C16H14S/c1-13-5-4-6-14(11-13)9-10-15-7-2-3-8-16(15)12-17/h2-8,11,17H,12H2,1H3. The monoisotopic (exact) mass is 238 g/mol. The maximum absolute atomic E-state index is 4.31. The molecule has 0 saturated heterocycles. The van der Waals surface area contributed by atoms with Gasteiger partial charge >= 0.3 is 0 Å². The van der Waals surface area contributed by atoms with Crippen LogP contribution in [0, 0.1) is 18.8 Å². The van der Waals surface area contributed by atoms with E-state index in [1.54, 1.807) is 0 Å². The topological polar surface area (TPSA) is 0 Å². The molecular weight excluding hydrogens is 224 g/mol. The number of benzene rings is 2. The molecule has 0 N–H and O–H groups in total. The van der Waals surface area contributed by atoms with Crippen LogP contribution in [0.1, 0.15) is 22.3 Å². The second-order valence-electron chi connectivity index (χ2n) is 3.93. The molecule has 0 aliphatic heterocycles. The normalized spacial score (nSPS) is 9.53. The number of hydrogen-bond acceptors (Lipinski definition) is 1. The summed E-state index contributed by atoms with van der Waals surface area (Å²) in [7, 11) is 0. The average molecular weight is 238 g/mol. The quantitative estimate of drug-likeness (QED) is 0.566. The van der Waals surface area contributed by atoms with Gasteiger partial charge in [0, 0.05) is 16.9 Å². The Balaban J connectivity index is 2.33. The van der Waals surface area contributed by atoms with Gasteiger partial charge in [-0.25, -0.2) is 0 Å². The molecule has 2 aromatic carbocycles. The van der Waals surface area contributed by atoms with Gasteiger partial charge in [-0.3, -0.25) is 0 Å². The van der Waals surface area contributed by atoms with Gasteiger partial charge in [-0.15, -0.1) is 0 Å². The van der Waals surface area contributed by atoms with Crippen molar-refractivity contribution in [2.45, 2.75) is 12.7 Å². The van der Waals surface area contributed by atoms with Gasteiger partial charge in [0.15, 0.2) is 0 Å². The zero-order valence-electron chi connectivity index (χ0n) is 9.77. The van der Waals surface area contributed by atoms with Crippen molar-refractivity contribution >= 4 is 12.6 Å². The van der Waals surface area contributed by atoms with Gasteiger partial charge in [0.2, 0.25) is 0 Å². The van der Waals surface area contributed by atoms with Gasteiger partial charge in [-0.2, -0.15) is 12.6 Å². The highest BCUT2D eigenvalue weighted by atomic mass is 32.1. The fraction of sp³-hybridized carbons (Fsp3) is 0.125. The molecule has 0 heterocycles. The molecule has 0 aliphatic carbocycles. The van der Waals surface area contributed by atoms with Crippen molar-refractivity contribution in [1.29, 1.82) is 0 Å². The van der Waals surface area contributed by atoms with Crippen LogP contribution in [0.4, 0.5) is 0 Å². The highest BCUT2D eigenvalue weighted by Crippen LogP contribution is 2.10. The fourth-order valence-corrected chi connectivity index (χ4v) is 1.92. The molecule has 0 unspecified atom stereocenters. The summed E-state index contributed by atoms with van der Waals surface area (Å²) in [6, 6.07) is 16.4. The molecule has 0 aliphatic rings. The van der Waals surface area contributed by atoms with E-state index in [4.69, 9.17) is 0 Å². The summed E-state index contributed by atoms with van der Waals surface area (Å²) in [5.41, 5.74) is 4.53. The number of hydrogen-bond donors (Lipinski definition) is 1. The molecule has 0 radical (unpaired) electrons. The molecule has 0 amide bonds. The third-order valence-electron chi connectivity index (χ3n) is 2.55. The molecule has 0 bridgehead atoms. The Bertz CT molecular complexity index is 573. The van der Waals surface area contributed by atoms with Crippen LogP contribution in [0.25, 0.3) is 0 Å². The van der Waals surface area contributed by atoms with Crippen LogP contribution in [0.3, 0.4) is 0 Å². The second-order valence-corrected chi connectivity index (χ2v) is 4.25. The lowest BCUT2D eigenvalue weighted by Crippen LogP contribution is -1.84. The van der Waals surface area contributed by atoms with E-state index >= 15 is 0 Å². The summed E-state index contributed by atoms with van der Waals surface area (Å²) in [5, 5.41) is 0. The maximum atomic E-state index is 4.31. The third-order valence-corrected chi connectivity index (χ3v) is 2.89. The van der Waals surface area contributed by atoms with Gasteiger partial charge in [0.25, 0.3) is 0 Å². The van der Waals surface area contributed by atoms with Crippen LogP contribution in [-0.4, -0.2) is 0 Å². The highest BCUT2D eigenvalue weighted by molar-refractivity contribution is 7.79. The zero-order chi connectivity index (χ0) is 12.1. The minimum atomic E-state index is 0.721. The van der Waals surface area contributed by atoms with Gasteiger partial charge in [0.05, 0.1) is 0 Å². The molecule has 1 heteroatoms. The minimum Gasteiger partial charge on any atom is -0.175 e. The SMILES string of the molecule is Cc1cccc(C#Cc2ccccc2CS)c1. The first-order valence-corrected chi connectivity index (χ1v) is 6.20. The van der Waals surface area contributed by atoms with E-state index in [2.05, 4.69) is 49.6 Å². The first-order chi connectivity index (χ1) is 8.29. The Morgan fingerprint density at radius 3 is 2.59 bits per heavy atom. The third kappa shape index (κ3) is 3.15. The Labute approximate surface area is 108 Å². The molecule has 0 atom stereocenters. The van der Waals surface area contributed by atoms with E-state index in [0.717, 1.165) is 16.9 Å². The lowest BCUT2D eigenvalue weighted by molar-refractivity contribution is 1.39. The van der Waals surface area contributed by atoms with Crippen molar-refractivity contribution in [3.63, 3.8) is 0 Å². The van der Waals surface area contributed by atoms with Gasteiger partial charge in [0.1, 0.15) is 0 Å². The molecule has 0 saturated carbocycles. The first kappa shape index (κ1) is 11.8. The molecule has 0 spiro atoms. The van der Waals surface area contributed by atoms with Gasteiger partial charge in [-0.05, 0) is 36.2 Å². The number of thiol groups is 1. The zero-order valence-corrected chi connectivity index (χ0v) is 10.7. The molecule has 0 aromatic heterocycles. The summed E-state index contributed by atoms with van der Waals surface area (Å²) >= 11 is 4.31. The van der Waals surface area contributed by atoms with Crippen LogP contribution < -0.4 is 0 Å². The molecule has 17 heavy (non-hydrogen) atoms. The predicted octanol–water partition coefficient (Wildman–Crippen LogP) is 3.82. The van der Waals surface area contributed by atoms with Crippen LogP contribution in [-0.2, 0) is 5.75 Å². The van der Waals surface area contributed by atoms with E-state index in [0.29, 0.717) is 0 Å². The highest BCUT2D eigenvalue weighted by Gasteiger charge is 1.95. The van der Waals surface area contributed by atoms with Gasteiger partial charge in [-0.1, -0.05) is 42.2 Å². The lowest BCUT2D eigenvalue weighted by Gasteiger charge is -1.98. The maximum Gasteiger partial charge on any atom is 0.0289 e. The van der Waals surface area contributed by atoms with Crippen molar-refractivity contribution in [1.82, 2.24) is 0 Å². The predicted molar refractivity (Wildman–Crippen MR) is 76.3 cm³/mol. The van der Waals surface area contributed by atoms with E-state index in [9.17, 15) is 0 Å². The van der Waals surface area contributed by atoms with Crippen molar-refractivity contribution in [2.75, 3.05) is 0 Å². The van der Waals surface area contributed by atoms with Crippen LogP contribution in [0.5, 0.6) is 0 Å². The van der Waals surface area contributed by atoms with Gasteiger partial charge < -0.3 is 0 Å². The Hall–Kier alpha value is -1.65. The molecule has 2 rings (SSSR count). The van der Waals surface area contributed by atoms with Crippen LogP contribution >= 0.6 is 12.6 Å². The smallest absolute Gasteiger partial charge is 0.0289 e.